The van der Waals surface area contributed by atoms with Crippen molar-refractivity contribution in [1.29, 1.82) is 0 Å². The molecule has 0 unspecified atom stereocenters. The Kier molecular flexibility index (Phi) is 6.90. The molecule has 5 nitrogen and oxygen atoms in total. The van der Waals surface area contributed by atoms with Crippen molar-refractivity contribution in [2.75, 3.05) is 31.1 Å². The van der Waals surface area contributed by atoms with Gasteiger partial charge in [0.2, 0.25) is 10.0 Å². The Morgan fingerprint density at radius 2 is 1.50 bits per heavy atom. The first kappa shape index (κ1) is 22.8. The topological polar surface area (TPSA) is 52.7 Å². The molecule has 0 radical (unpaired) electrons. The summed E-state index contributed by atoms with van der Waals surface area (Å²) in [7, 11) is -3.79. The van der Waals surface area contributed by atoms with E-state index in [4.69, 9.17) is 0 Å². The number of benzene rings is 2. The fraction of sp³-hybridized carbons (Fsp3) is 0.304. The van der Waals surface area contributed by atoms with Crippen LogP contribution in [0.4, 0.5) is 14.5 Å². The number of anilines is 1. The summed E-state index contributed by atoms with van der Waals surface area (Å²) in [5.41, 5.74) is 0.976. The van der Waals surface area contributed by atoms with E-state index in [-0.39, 0.29) is 16.8 Å². The van der Waals surface area contributed by atoms with Gasteiger partial charge in [-0.15, -0.1) is 11.3 Å². The Bertz CT molecular complexity index is 1110. The summed E-state index contributed by atoms with van der Waals surface area (Å²) >= 11 is 1.59. The first-order valence-electron chi connectivity index (χ1n) is 10.4. The first-order valence-corrected chi connectivity index (χ1v) is 12.8. The molecule has 1 N–H and O–H groups in total. The minimum Gasteiger partial charge on any atom is -0.369 e. The maximum atomic E-state index is 13.2. The lowest BCUT2D eigenvalue weighted by Gasteiger charge is -2.42. The van der Waals surface area contributed by atoms with Crippen LogP contribution in [0, 0.1) is 11.6 Å². The number of thiophene rings is 1. The fourth-order valence-electron chi connectivity index (χ4n) is 4.10. The Hall–Kier alpha value is -2.33. The number of rotatable bonds is 7. The largest absolute Gasteiger partial charge is 0.369 e. The van der Waals surface area contributed by atoms with E-state index in [0.29, 0.717) is 0 Å². The highest BCUT2D eigenvalue weighted by atomic mass is 32.2. The van der Waals surface area contributed by atoms with Gasteiger partial charge in [-0.2, -0.15) is 0 Å². The first-order chi connectivity index (χ1) is 15.3. The third kappa shape index (κ3) is 5.17. The van der Waals surface area contributed by atoms with Crippen molar-refractivity contribution in [2.24, 2.45) is 0 Å². The van der Waals surface area contributed by atoms with Crippen molar-refractivity contribution in [3.05, 3.63) is 82.6 Å². The lowest BCUT2D eigenvalue weighted by atomic mass is 10.1. The van der Waals surface area contributed by atoms with Gasteiger partial charge in [-0.1, -0.05) is 6.07 Å². The van der Waals surface area contributed by atoms with Crippen molar-refractivity contribution in [3.63, 3.8) is 0 Å². The molecule has 1 aliphatic heterocycles. The number of piperazine rings is 1. The molecule has 0 aliphatic carbocycles. The zero-order valence-corrected chi connectivity index (χ0v) is 19.3. The Morgan fingerprint density at radius 3 is 2.06 bits per heavy atom. The van der Waals surface area contributed by atoms with Crippen LogP contribution < -0.4 is 9.62 Å². The highest BCUT2D eigenvalue weighted by Gasteiger charge is 2.32. The van der Waals surface area contributed by atoms with Crippen LogP contribution in [0.25, 0.3) is 0 Å². The third-order valence-corrected chi connectivity index (χ3v) is 8.19. The van der Waals surface area contributed by atoms with E-state index >= 15 is 0 Å². The van der Waals surface area contributed by atoms with Gasteiger partial charge in [0.05, 0.1) is 10.9 Å². The maximum Gasteiger partial charge on any atom is 0.240 e. The Balaban J connectivity index is 1.49. The monoisotopic (exact) mass is 477 g/mol. The highest BCUT2D eigenvalue weighted by molar-refractivity contribution is 7.89. The minimum atomic E-state index is -3.79. The van der Waals surface area contributed by atoms with Crippen LogP contribution >= 0.6 is 11.3 Å². The summed E-state index contributed by atoms with van der Waals surface area (Å²) in [4.78, 5) is 5.60. The lowest BCUT2D eigenvalue weighted by molar-refractivity contribution is 0.164. The molecule has 170 valence electrons. The predicted molar refractivity (Wildman–Crippen MR) is 123 cm³/mol. The lowest BCUT2D eigenvalue weighted by Crippen LogP contribution is -2.52. The van der Waals surface area contributed by atoms with Crippen LogP contribution in [-0.2, 0) is 10.0 Å². The number of sulfonamides is 1. The number of hydrogen-bond acceptors (Lipinski definition) is 5. The van der Waals surface area contributed by atoms with Crippen LogP contribution in [-0.4, -0.2) is 45.5 Å². The van der Waals surface area contributed by atoms with Gasteiger partial charge < -0.3 is 4.90 Å². The molecule has 2 heterocycles. The van der Waals surface area contributed by atoms with Crippen LogP contribution in [0.2, 0.25) is 0 Å². The van der Waals surface area contributed by atoms with Crippen molar-refractivity contribution in [1.82, 2.24) is 9.62 Å². The van der Waals surface area contributed by atoms with Gasteiger partial charge in [-0.3, -0.25) is 4.90 Å². The second-order valence-electron chi connectivity index (χ2n) is 7.82. The van der Waals surface area contributed by atoms with E-state index in [2.05, 4.69) is 14.5 Å². The maximum absolute atomic E-state index is 13.2. The number of nitrogens with one attached hydrogen (secondary N) is 1. The smallest absolute Gasteiger partial charge is 0.240 e. The van der Waals surface area contributed by atoms with Gasteiger partial charge in [-0.05, 0) is 66.9 Å². The van der Waals surface area contributed by atoms with Crippen LogP contribution in [0.3, 0.4) is 0 Å². The molecular formula is C23H25F2N3O2S2. The van der Waals surface area contributed by atoms with Gasteiger partial charge >= 0.3 is 0 Å². The molecule has 3 aromatic rings. The minimum absolute atomic E-state index is 0.0387. The van der Waals surface area contributed by atoms with Gasteiger partial charge in [0.1, 0.15) is 11.6 Å². The average Bonchev–Trinajstić information content (AvgIpc) is 3.29. The van der Waals surface area contributed by atoms with E-state index < -0.39 is 21.9 Å². The number of hydrogen-bond donors (Lipinski definition) is 1. The summed E-state index contributed by atoms with van der Waals surface area (Å²) in [5, 5.41) is 1.98. The molecule has 4 rings (SSSR count). The van der Waals surface area contributed by atoms with E-state index in [0.717, 1.165) is 48.9 Å². The number of halogens is 2. The van der Waals surface area contributed by atoms with Gasteiger partial charge in [-0.25, -0.2) is 21.9 Å². The van der Waals surface area contributed by atoms with Crippen molar-refractivity contribution < 1.29 is 17.2 Å². The van der Waals surface area contributed by atoms with Crippen LogP contribution in [0.5, 0.6) is 0 Å². The zero-order chi connectivity index (χ0) is 22.7. The molecular weight excluding hydrogens is 452 g/mol. The molecule has 1 saturated heterocycles. The molecule has 0 saturated carbocycles. The SMILES string of the molecule is C[C@H](NS(=O)(=O)c1ccc(F)cc1)[C@@H](c1cccs1)N1CCN(c2ccc(F)cc2)CC1. The molecule has 1 aromatic heterocycles. The van der Waals surface area contributed by atoms with Crippen molar-refractivity contribution in [3.8, 4) is 0 Å². The van der Waals surface area contributed by atoms with Gasteiger partial charge in [0, 0.05) is 42.8 Å². The van der Waals surface area contributed by atoms with Gasteiger partial charge in [0.15, 0.2) is 0 Å². The molecule has 0 amide bonds. The summed E-state index contributed by atoms with van der Waals surface area (Å²) < 4.78 is 55.0. The molecule has 2 atom stereocenters. The summed E-state index contributed by atoms with van der Waals surface area (Å²) in [5.74, 6) is -0.736. The average molecular weight is 478 g/mol. The van der Waals surface area contributed by atoms with Gasteiger partial charge in [0.25, 0.3) is 0 Å². The molecule has 0 bridgehead atoms. The number of nitrogens with zero attached hydrogens (tertiary/aromatic N) is 2. The Morgan fingerprint density at radius 1 is 0.906 bits per heavy atom. The van der Waals surface area contributed by atoms with Crippen molar-refractivity contribution in [2.45, 2.75) is 23.9 Å². The zero-order valence-electron chi connectivity index (χ0n) is 17.6. The second-order valence-corrected chi connectivity index (χ2v) is 10.5. The summed E-state index contributed by atoms with van der Waals surface area (Å²) in [6, 6.07) is 14.7. The summed E-state index contributed by atoms with van der Waals surface area (Å²) in [6.45, 7) is 4.85. The fourth-order valence-corrected chi connectivity index (χ4v) is 6.32. The van der Waals surface area contributed by atoms with Crippen LogP contribution in [0.1, 0.15) is 17.8 Å². The Labute approximate surface area is 191 Å². The van der Waals surface area contributed by atoms with E-state index in [1.165, 1.54) is 24.3 Å². The van der Waals surface area contributed by atoms with Crippen LogP contribution in [0.15, 0.2) is 70.9 Å². The van der Waals surface area contributed by atoms with E-state index in [9.17, 15) is 17.2 Å². The highest BCUT2D eigenvalue weighted by Crippen LogP contribution is 2.31. The molecule has 0 spiro atoms. The third-order valence-electron chi connectivity index (χ3n) is 5.67. The normalized spacial score (nSPS) is 17.3. The molecule has 1 fully saturated rings. The molecule has 1 aliphatic rings. The summed E-state index contributed by atoms with van der Waals surface area (Å²) in [6.07, 6.45) is 0. The van der Waals surface area contributed by atoms with E-state index in [1.807, 2.05) is 24.4 Å². The standard InChI is InChI=1S/C23H25F2N3O2S2/c1-17(26-32(29,30)21-10-6-19(25)7-11-21)23(22-3-2-16-31-22)28-14-12-27(13-15-28)20-8-4-18(24)5-9-20/h2-11,16-17,23,26H,12-15H2,1H3/t17-,23-/m0/s1. The predicted octanol–water partition coefficient (Wildman–Crippen LogP) is 4.26. The van der Waals surface area contributed by atoms with Crippen molar-refractivity contribution >= 4 is 27.0 Å². The quantitative estimate of drug-likeness (QED) is 0.553. The molecule has 9 heteroatoms. The molecule has 32 heavy (non-hydrogen) atoms. The van der Waals surface area contributed by atoms with E-state index in [1.54, 1.807) is 23.5 Å². The molecule has 2 aromatic carbocycles. The second kappa shape index (κ2) is 9.66.